The molecule has 0 bridgehead atoms. The van der Waals surface area contributed by atoms with Crippen molar-refractivity contribution in [1.29, 1.82) is 0 Å². The number of thiazole rings is 1. The number of rotatable bonds is 7. The number of ether oxygens (including phenoxy) is 2. The minimum Gasteiger partial charge on any atom is -0.449 e. The molecule has 0 unspecified atom stereocenters. The summed E-state index contributed by atoms with van der Waals surface area (Å²) < 4.78 is 10.9. The van der Waals surface area contributed by atoms with Gasteiger partial charge in [0.1, 0.15) is 5.01 Å². The second-order valence-corrected chi connectivity index (χ2v) is 5.78. The van der Waals surface area contributed by atoms with Crippen molar-refractivity contribution in [2.24, 2.45) is 0 Å². The van der Waals surface area contributed by atoms with Crippen molar-refractivity contribution in [3.05, 3.63) is 35.3 Å². The zero-order chi connectivity index (χ0) is 16.7. The van der Waals surface area contributed by atoms with E-state index in [4.69, 9.17) is 9.47 Å². The first-order valence-electron chi connectivity index (χ1n) is 7.11. The molecule has 122 valence electrons. The zero-order valence-corrected chi connectivity index (χ0v) is 13.8. The Morgan fingerprint density at radius 1 is 1.39 bits per heavy atom. The molecular weight excluding hydrogens is 316 g/mol. The van der Waals surface area contributed by atoms with Crippen molar-refractivity contribution in [1.82, 2.24) is 10.3 Å². The monoisotopic (exact) mass is 334 g/mol. The standard InChI is InChI=1S/C16H18N2O4S/c1-11(16(20)17-9-10-21-2)22-15(19)8-7-14-18-12-5-3-4-6-13(12)23-14/h3-8,11H,9-10H2,1-2H3,(H,17,20)/b8-7+/t11-/m0/s1. The van der Waals surface area contributed by atoms with Crippen molar-refractivity contribution >= 4 is 39.5 Å². The maximum absolute atomic E-state index is 11.7. The largest absolute Gasteiger partial charge is 0.449 e. The van der Waals surface area contributed by atoms with E-state index in [2.05, 4.69) is 10.3 Å². The maximum Gasteiger partial charge on any atom is 0.331 e. The van der Waals surface area contributed by atoms with Crippen LogP contribution in [0.15, 0.2) is 30.3 Å². The molecule has 0 saturated heterocycles. The molecule has 0 saturated carbocycles. The van der Waals surface area contributed by atoms with Gasteiger partial charge in [-0.25, -0.2) is 9.78 Å². The van der Waals surface area contributed by atoms with Crippen LogP contribution < -0.4 is 5.32 Å². The minimum atomic E-state index is -0.862. The normalized spacial score (nSPS) is 12.4. The fraction of sp³-hybridized carbons (Fsp3) is 0.312. The van der Waals surface area contributed by atoms with Gasteiger partial charge in [0.2, 0.25) is 0 Å². The number of carbonyl (C=O) groups is 2. The first-order chi connectivity index (χ1) is 11.1. The lowest BCUT2D eigenvalue weighted by Crippen LogP contribution is -2.37. The molecule has 1 atom stereocenters. The van der Waals surface area contributed by atoms with Crippen molar-refractivity contribution < 1.29 is 19.1 Å². The molecule has 0 fully saturated rings. The van der Waals surface area contributed by atoms with Crippen LogP contribution in [0.3, 0.4) is 0 Å². The molecular formula is C16H18N2O4S. The topological polar surface area (TPSA) is 77.5 Å². The average molecular weight is 334 g/mol. The smallest absolute Gasteiger partial charge is 0.331 e. The van der Waals surface area contributed by atoms with Crippen LogP contribution in [0.4, 0.5) is 0 Å². The quantitative estimate of drug-likeness (QED) is 0.476. The molecule has 0 spiro atoms. The number of hydrogen-bond acceptors (Lipinski definition) is 6. The highest BCUT2D eigenvalue weighted by Gasteiger charge is 2.15. The van der Waals surface area contributed by atoms with Crippen LogP contribution in [0, 0.1) is 0 Å². The van der Waals surface area contributed by atoms with Gasteiger partial charge in [-0.2, -0.15) is 0 Å². The number of para-hydroxylation sites is 1. The highest BCUT2D eigenvalue weighted by molar-refractivity contribution is 7.19. The van der Waals surface area contributed by atoms with E-state index < -0.39 is 12.1 Å². The number of amides is 1. The van der Waals surface area contributed by atoms with Crippen molar-refractivity contribution in [2.45, 2.75) is 13.0 Å². The first-order valence-corrected chi connectivity index (χ1v) is 7.92. The summed E-state index contributed by atoms with van der Waals surface area (Å²) in [7, 11) is 1.54. The van der Waals surface area contributed by atoms with Crippen LogP contribution in [0.5, 0.6) is 0 Å². The lowest BCUT2D eigenvalue weighted by atomic mass is 10.3. The molecule has 1 aromatic heterocycles. The Morgan fingerprint density at radius 2 is 2.17 bits per heavy atom. The summed E-state index contributed by atoms with van der Waals surface area (Å²) in [5.74, 6) is -0.942. The number of nitrogens with one attached hydrogen (secondary N) is 1. The maximum atomic E-state index is 11.7. The molecule has 1 N–H and O–H groups in total. The van der Waals surface area contributed by atoms with Gasteiger partial charge in [-0.15, -0.1) is 11.3 Å². The van der Waals surface area contributed by atoms with Crippen molar-refractivity contribution in [3.8, 4) is 0 Å². The van der Waals surface area contributed by atoms with E-state index in [1.807, 2.05) is 24.3 Å². The molecule has 23 heavy (non-hydrogen) atoms. The minimum absolute atomic E-state index is 0.358. The third-order valence-corrected chi connectivity index (χ3v) is 3.94. The third-order valence-electron chi connectivity index (χ3n) is 2.94. The Balaban J connectivity index is 1.87. The number of benzene rings is 1. The van der Waals surface area contributed by atoms with E-state index in [1.54, 1.807) is 13.2 Å². The SMILES string of the molecule is COCCNC(=O)[C@H](C)OC(=O)/C=C/c1nc2ccccc2s1. The Hall–Kier alpha value is -2.25. The van der Waals surface area contributed by atoms with Gasteiger partial charge in [-0.3, -0.25) is 4.79 Å². The molecule has 7 heteroatoms. The van der Waals surface area contributed by atoms with Crippen LogP contribution in [0.25, 0.3) is 16.3 Å². The summed E-state index contributed by atoms with van der Waals surface area (Å²) in [6.07, 6.45) is 2.00. The molecule has 6 nitrogen and oxygen atoms in total. The summed E-state index contributed by atoms with van der Waals surface area (Å²) >= 11 is 1.48. The first kappa shape index (κ1) is 17.1. The molecule has 0 aliphatic rings. The summed E-state index contributed by atoms with van der Waals surface area (Å²) in [5.41, 5.74) is 0.886. The summed E-state index contributed by atoms with van der Waals surface area (Å²) in [6.45, 7) is 2.30. The zero-order valence-electron chi connectivity index (χ0n) is 12.9. The van der Waals surface area contributed by atoms with Gasteiger partial charge in [0.15, 0.2) is 6.10 Å². The van der Waals surface area contributed by atoms with Gasteiger partial charge in [0.25, 0.3) is 5.91 Å². The Bertz CT molecular complexity index is 678. The molecule has 0 aliphatic heterocycles. The summed E-state index contributed by atoms with van der Waals surface area (Å²) in [4.78, 5) is 27.8. The summed E-state index contributed by atoms with van der Waals surface area (Å²) in [5, 5.41) is 3.31. The number of hydrogen-bond donors (Lipinski definition) is 1. The highest BCUT2D eigenvalue weighted by Crippen LogP contribution is 2.22. The van der Waals surface area contributed by atoms with Crippen LogP contribution in [0.1, 0.15) is 11.9 Å². The van der Waals surface area contributed by atoms with Crippen molar-refractivity contribution in [3.63, 3.8) is 0 Å². The van der Waals surface area contributed by atoms with Gasteiger partial charge in [0, 0.05) is 19.7 Å². The molecule has 1 aromatic carbocycles. The van der Waals surface area contributed by atoms with Gasteiger partial charge in [-0.05, 0) is 25.1 Å². The Morgan fingerprint density at radius 3 is 2.91 bits per heavy atom. The van der Waals surface area contributed by atoms with Crippen LogP contribution in [-0.4, -0.2) is 43.2 Å². The van der Waals surface area contributed by atoms with Gasteiger partial charge in [0.05, 0.1) is 16.8 Å². The molecule has 1 heterocycles. The van der Waals surface area contributed by atoms with E-state index in [1.165, 1.54) is 24.3 Å². The molecule has 1 amide bonds. The summed E-state index contributed by atoms with van der Waals surface area (Å²) in [6, 6.07) is 7.73. The lowest BCUT2D eigenvalue weighted by molar-refractivity contribution is -0.150. The molecule has 0 aliphatic carbocycles. The van der Waals surface area contributed by atoms with Gasteiger partial charge < -0.3 is 14.8 Å². The predicted molar refractivity (Wildman–Crippen MR) is 89.1 cm³/mol. The average Bonchev–Trinajstić information content (AvgIpc) is 2.96. The second kappa shape index (κ2) is 8.40. The number of esters is 1. The molecule has 2 rings (SSSR count). The van der Waals surface area contributed by atoms with Crippen LogP contribution in [0.2, 0.25) is 0 Å². The van der Waals surface area contributed by atoms with Crippen LogP contribution >= 0.6 is 11.3 Å². The fourth-order valence-electron chi connectivity index (χ4n) is 1.79. The van der Waals surface area contributed by atoms with E-state index in [-0.39, 0.29) is 5.91 Å². The predicted octanol–water partition coefficient (Wildman–Crippen LogP) is 2.00. The molecule has 0 radical (unpaired) electrons. The van der Waals surface area contributed by atoms with E-state index >= 15 is 0 Å². The molecule has 2 aromatic rings. The third kappa shape index (κ3) is 5.15. The fourth-order valence-corrected chi connectivity index (χ4v) is 2.66. The van der Waals surface area contributed by atoms with E-state index in [0.29, 0.717) is 18.2 Å². The highest BCUT2D eigenvalue weighted by atomic mass is 32.1. The Kier molecular flexibility index (Phi) is 6.25. The van der Waals surface area contributed by atoms with Crippen LogP contribution in [-0.2, 0) is 19.1 Å². The van der Waals surface area contributed by atoms with Gasteiger partial charge >= 0.3 is 5.97 Å². The second-order valence-electron chi connectivity index (χ2n) is 4.72. The lowest BCUT2D eigenvalue weighted by Gasteiger charge is -2.11. The number of nitrogens with zero attached hydrogens (tertiary/aromatic N) is 1. The number of fused-ring (bicyclic) bond motifs is 1. The number of aromatic nitrogens is 1. The van der Waals surface area contributed by atoms with E-state index in [9.17, 15) is 9.59 Å². The van der Waals surface area contributed by atoms with E-state index in [0.717, 1.165) is 10.2 Å². The number of methoxy groups -OCH3 is 1. The number of carbonyl (C=O) groups excluding carboxylic acids is 2. The van der Waals surface area contributed by atoms with Crippen molar-refractivity contribution in [2.75, 3.05) is 20.3 Å². The Labute approximate surface area is 138 Å². The van der Waals surface area contributed by atoms with Gasteiger partial charge in [-0.1, -0.05) is 12.1 Å².